The average Bonchev–Trinajstić information content (AvgIpc) is 2.75. The molecule has 0 bridgehead atoms. The molecule has 18 heavy (non-hydrogen) atoms. The van der Waals surface area contributed by atoms with Crippen molar-refractivity contribution in [1.82, 2.24) is 20.2 Å². The van der Waals surface area contributed by atoms with Crippen molar-refractivity contribution < 1.29 is 9.84 Å². The second-order valence-electron chi connectivity index (χ2n) is 4.11. The van der Waals surface area contributed by atoms with E-state index in [0.717, 1.165) is 11.3 Å². The summed E-state index contributed by atoms with van der Waals surface area (Å²) in [6, 6.07) is 7.63. The number of methoxy groups -OCH3 is 1. The maximum Gasteiger partial charge on any atom is 0.177 e. The molecule has 1 aromatic heterocycles. The summed E-state index contributed by atoms with van der Waals surface area (Å²) in [5.74, 6) is 1.36. The van der Waals surface area contributed by atoms with Crippen molar-refractivity contribution in [3.8, 4) is 5.75 Å². The van der Waals surface area contributed by atoms with Gasteiger partial charge in [0, 0.05) is 6.42 Å². The van der Waals surface area contributed by atoms with E-state index >= 15 is 0 Å². The van der Waals surface area contributed by atoms with Crippen LogP contribution in [0.15, 0.2) is 24.3 Å². The van der Waals surface area contributed by atoms with Crippen LogP contribution in [0.25, 0.3) is 0 Å². The second-order valence-corrected chi connectivity index (χ2v) is 4.11. The minimum Gasteiger partial charge on any atom is -0.497 e. The first-order valence-electron chi connectivity index (χ1n) is 5.71. The van der Waals surface area contributed by atoms with Gasteiger partial charge in [0.05, 0.1) is 20.3 Å². The Hall–Kier alpha value is -1.95. The third kappa shape index (κ3) is 3.27. The van der Waals surface area contributed by atoms with Crippen LogP contribution in [0.2, 0.25) is 0 Å². The SMILES string of the molecule is COc1ccc(CC(O)Cc2nnn(C)n2)cc1. The van der Waals surface area contributed by atoms with Crippen LogP contribution < -0.4 is 4.74 Å². The van der Waals surface area contributed by atoms with Crippen molar-refractivity contribution >= 4 is 0 Å². The summed E-state index contributed by atoms with van der Waals surface area (Å²) in [4.78, 5) is 1.38. The number of nitrogens with zero attached hydrogens (tertiary/aromatic N) is 4. The zero-order chi connectivity index (χ0) is 13.0. The summed E-state index contributed by atoms with van der Waals surface area (Å²) in [6.07, 6.45) is 0.449. The van der Waals surface area contributed by atoms with E-state index in [9.17, 15) is 5.11 Å². The molecule has 0 fully saturated rings. The second kappa shape index (κ2) is 5.59. The number of benzene rings is 1. The Morgan fingerprint density at radius 3 is 2.56 bits per heavy atom. The minimum absolute atomic E-state index is 0.403. The molecule has 1 aromatic carbocycles. The molecule has 96 valence electrons. The van der Waals surface area contributed by atoms with Crippen molar-refractivity contribution in [2.75, 3.05) is 7.11 Å². The summed E-state index contributed by atoms with van der Waals surface area (Å²) in [5.41, 5.74) is 1.05. The molecule has 1 unspecified atom stereocenters. The Morgan fingerprint density at radius 2 is 2.00 bits per heavy atom. The van der Waals surface area contributed by atoms with E-state index in [1.807, 2.05) is 24.3 Å². The predicted octanol–water partition coefficient (Wildman–Crippen LogP) is 0.365. The van der Waals surface area contributed by atoms with Gasteiger partial charge in [-0.1, -0.05) is 12.1 Å². The molecule has 0 spiro atoms. The number of aliphatic hydroxyl groups is 1. The van der Waals surface area contributed by atoms with E-state index in [-0.39, 0.29) is 0 Å². The molecule has 0 aliphatic carbocycles. The van der Waals surface area contributed by atoms with Crippen LogP contribution >= 0.6 is 0 Å². The number of hydrogen-bond acceptors (Lipinski definition) is 5. The molecular formula is C12H16N4O2. The Bertz CT molecular complexity index is 495. The summed E-state index contributed by atoms with van der Waals surface area (Å²) < 4.78 is 5.08. The molecule has 1 atom stereocenters. The molecule has 0 aliphatic heterocycles. The van der Waals surface area contributed by atoms with Crippen LogP contribution in [0.4, 0.5) is 0 Å². The average molecular weight is 248 g/mol. The van der Waals surface area contributed by atoms with Crippen LogP contribution in [0, 0.1) is 0 Å². The van der Waals surface area contributed by atoms with Gasteiger partial charge in [0.1, 0.15) is 5.75 Å². The van der Waals surface area contributed by atoms with Crippen LogP contribution in [-0.4, -0.2) is 38.5 Å². The van der Waals surface area contributed by atoms with Crippen LogP contribution in [-0.2, 0) is 19.9 Å². The zero-order valence-electron chi connectivity index (χ0n) is 10.4. The molecule has 0 amide bonds. The van der Waals surface area contributed by atoms with E-state index in [4.69, 9.17) is 4.74 Å². The summed E-state index contributed by atoms with van der Waals surface area (Å²) in [7, 11) is 3.33. The highest BCUT2D eigenvalue weighted by Gasteiger charge is 2.10. The summed E-state index contributed by atoms with van der Waals surface area (Å²) in [6.45, 7) is 0. The van der Waals surface area contributed by atoms with Crippen molar-refractivity contribution in [1.29, 1.82) is 0 Å². The van der Waals surface area contributed by atoms with Crippen LogP contribution in [0.1, 0.15) is 11.4 Å². The van der Waals surface area contributed by atoms with Gasteiger partial charge >= 0.3 is 0 Å². The maximum atomic E-state index is 9.94. The van der Waals surface area contributed by atoms with Gasteiger partial charge in [-0.2, -0.15) is 4.80 Å². The lowest BCUT2D eigenvalue weighted by molar-refractivity contribution is 0.173. The fourth-order valence-corrected chi connectivity index (χ4v) is 1.72. The van der Waals surface area contributed by atoms with Gasteiger partial charge in [-0.15, -0.1) is 10.2 Å². The molecule has 6 nitrogen and oxygen atoms in total. The number of rotatable bonds is 5. The third-order valence-electron chi connectivity index (χ3n) is 2.60. The first-order chi connectivity index (χ1) is 8.67. The number of tetrazole rings is 1. The highest BCUT2D eigenvalue weighted by Crippen LogP contribution is 2.13. The summed E-state index contributed by atoms with van der Waals surface area (Å²) >= 11 is 0. The van der Waals surface area contributed by atoms with Crippen molar-refractivity contribution in [3.05, 3.63) is 35.7 Å². The molecule has 0 aliphatic rings. The number of ether oxygens (including phenoxy) is 1. The van der Waals surface area contributed by atoms with Crippen molar-refractivity contribution in [2.24, 2.45) is 7.05 Å². The number of aromatic nitrogens is 4. The summed E-state index contributed by atoms with van der Waals surface area (Å²) in [5, 5.41) is 21.6. The largest absolute Gasteiger partial charge is 0.497 e. The van der Waals surface area contributed by atoms with Gasteiger partial charge in [0.25, 0.3) is 0 Å². The molecule has 2 rings (SSSR count). The van der Waals surface area contributed by atoms with Gasteiger partial charge < -0.3 is 9.84 Å². The van der Waals surface area contributed by atoms with Crippen molar-refractivity contribution in [3.63, 3.8) is 0 Å². The quantitative estimate of drug-likeness (QED) is 0.827. The molecule has 0 saturated heterocycles. The zero-order valence-corrected chi connectivity index (χ0v) is 10.4. The van der Waals surface area contributed by atoms with Gasteiger partial charge in [-0.05, 0) is 29.3 Å². The van der Waals surface area contributed by atoms with E-state index < -0.39 is 6.10 Å². The van der Waals surface area contributed by atoms with E-state index in [2.05, 4.69) is 15.4 Å². The molecule has 2 aromatic rings. The number of aliphatic hydroxyl groups excluding tert-OH is 1. The molecule has 1 heterocycles. The Kier molecular flexibility index (Phi) is 3.88. The Labute approximate surface area is 105 Å². The molecular weight excluding hydrogens is 232 g/mol. The normalized spacial score (nSPS) is 12.4. The maximum absolute atomic E-state index is 9.94. The number of hydrogen-bond donors (Lipinski definition) is 1. The minimum atomic E-state index is -0.511. The van der Waals surface area contributed by atoms with Gasteiger partial charge in [0.15, 0.2) is 5.82 Å². The fourth-order valence-electron chi connectivity index (χ4n) is 1.72. The lowest BCUT2D eigenvalue weighted by Gasteiger charge is -2.08. The Morgan fingerprint density at radius 1 is 1.28 bits per heavy atom. The topological polar surface area (TPSA) is 73.1 Å². The monoisotopic (exact) mass is 248 g/mol. The van der Waals surface area contributed by atoms with E-state index in [0.29, 0.717) is 18.7 Å². The lowest BCUT2D eigenvalue weighted by atomic mass is 10.1. The molecule has 1 N–H and O–H groups in total. The third-order valence-corrected chi connectivity index (χ3v) is 2.60. The van der Waals surface area contributed by atoms with Crippen LogP contribution in [0.5, 0.6) is 5.75 Å². The predicted molar refractivity (Wildman–Crippen MR) is 65.2 cm³/mol. The highest BCUT2D eigenvalue weighted by atomic mass is 16.5. The lowest BCUT2D eigenvalue weighted by Crippen LogP contribution is -2.15. The first kappa shape index (κ1) is 12.5. The van der Waals surface area contributed by atoms with Crippen molar-refractivity contribution in [2.45, 2.75) is 18.9 Å². The highest BCUT2D eigenvalue weighted by molar-refractivity contribution is 5.27. The van der Waals surface area contributed by atoms with Gasteiger partial charge in [0.2, 0.25) is 0 Å². The van der Waals surface area contributed by atoms with Gasteiger partial charge in [-0.3, -0.25) is 0 Å². The Balaban J connectivity index is 1.91. The van der Waals surface area contributed by atoms with E-state index in [1.54, 1.807) is 14.2 Å². The molecule has 6 heteroatoms. The van der Waals surface area contributed by atoms with Crippen LogP contribution in [0.3, 0.4) is 0 Å². The fraction of sp³-hybridized carbons (Fsp3) is 0.417. The smallest absolute Gasteiger partial charge is 0.177 e. The standard InChI is InChI=1S/C12H16N4O2/c1-16-14-12(13-15-16)8-10(17)7-9-3-5-11(18-2)6-4-9/h3-6,10,17H,7-8H2,1-2H3. The van der Waals surface area contributed by atoms with E-state index in [1.165, 1.54) is 4.80 Å². The number of aryl methyl sites for hydroxylation is 1. The first-order valence-corrected chi connectivity index (χ1v) is 5.71. The molecule has 0 radical (unpaired) electrons. The van der Waals surface area contributed by atoms with Gasteiger partial charge in [-0.25, -0.2) is 0 Å². The molecule has 0 saturated carbocycles.